The number of carbonyl (C=O) groups excluding carboxylic acids is 1. The second kappa shape index (κ2) is 8.73. The third kappa shape index (κ3) is 4.67. The third-order valence-corrected chi connectivity index (χ3v) is 5.48. The number of carbonyl (C=O) groups is 1. The van der Waals surface area contributed by atoms with E-state index >= 15 is 0 Å². The van der Waals surface area contributed by atoms with E-state index < -0.39 is 30.3 Å². The molecule has 0 aromatic carbocycles. The Bertz CT molecular complexity index is 1090. The van der Waals surface area contributed by atoms with Crippen molar-refractivity contribution in [2.45, 2.75) is 32.2 Å². The van der Waals surface area contributed by atoms with Gasteiger partial charge in [-0.05, 0) is 25.0 Å². The lowest BCUT2D eigenvalue weighted by Crippen LogP contribution is -2.57. The predicted octanol–water partition coefficient (Wildman–Crippen LogP) is 3.01. The molecule has 1 amide bonds. The zero-order valence-corrected chi connectivity index (χ0v) is 18.2. The Balaban J connectivity index is 1.65. The second-order valence-corrected chi connectivity index (χ2v) is 8.22. The van der Waals surface area contributed by atoms with E-state index in [9.17, 15) is 13.6 Å². The number of rotatable bonds is 5. The predicted molar refractivity (Wildman–Crippen MR) is 113 cm³/mol. The summed E-state index contributed by atoms with van der Waals surface area (Å²) in [5, 5.41) is 11.5. The number of amides is 1. The minimum atomic E-state index is -3.02. The monoisotopic (exact) mass is 462 g/mol. The molecule has 4 rings (SSSR count). The highest BCUT2D eigenvalue weighted by atomic mass is 35.5. The molecule has 0 spiro atoms. The van der Waals surface area contributed by atoms with Crippen molar-refractivity contribution < 1.29 is 13.6 Å². The number of nitrogens with one attached hydrogen (secondary N) is 1. The van der Waals surface area contributed by atoms with E-state index in [1.54, 1.807) is 26.0 Å². The quantitative estimate of drug-likeness (QED) is 0.621. The number of likely N-dealkylation sites (tertiary alicyclic amines) is 1. The highest BCUT2D eigenvalue weighted by Gasteiger charge is 2.46. The van der Waals surface area contributed by atoms with Gasteiger partial charge in [-0.3, -0.25) is 4.79 Å². The minimum absolute atomic E-state index is 0.0128. The lowest BCUT2D eigenvalue weighted by atomic mass is 9.88. The largest absolute Gasteiger partial charge is 0.352 e. The van der Waals surface area contributed by atoms with Crippen LogP contribution in [0.2, 0.25) is 5.02 Å². The van der Waals surface area contributed by atoms with Crippen LogP contribution in [0.4, 0.5) is 14.7 Å². The maximum atomic E-state index is 14.5. The second-order valence-electron chi connectivity index (χ2n) is 7.78. The molecular formula is C20H21ClF2N8O. The van der Waals surface area contributed by atoms with Crippen LogP contribution in [0.25, 0.3) is 5.69 Å². The fraction of sp³-hybridized carbons (Fsp3) is 0.400. The molecule has 1 saturated heterocycles. The Morgan fingerprint density at radius 1 is 1.25 bits per heavy atom. The van der Waals surface area contributed by atoms with E-state index in [-0.39, 0.29) is 18.7 Å². The van der Waals surface area contributed by atoms with Gasteiger partial charge in [0.15, 0.2) is 5.69 Å². The van der Waals surface area contributed by atoms with Crippen LogP contribution < -0.4 is 5.32 Å². The fourth-order valence-corrected chi connectivity index (χ4v) is 3.92. The summed E-state index contributed by atoms with van der Waals surface area (Å²) >= 11 is 5.81. The molecule has 4 heterocycles. The van der Waals surface area contributed by atoms with Crippen molar-refractivity contribution in [2.75, 3.05) is 18.4 Å². The average molecular weight is 463 g/mol. The minimum Gasteiger partial charge on any atom is -0.352 e. The number of alkyl halides is 2. The van der Waals surface area contributed by atoms with E-state index in [1.807, 2.05) is 0 Å². The van der Waals surface area contributed by atoms with Crippen LogP contribution in [-0.4, -0.2) is 65.8 Å². The van der Waals surface area contributed by atoms with E-state index in [4.69, 9.17) is 11.6 Å². The van der Waals surface area contributed by atoms with Gasteiger partial charge in [-0.1, -0.05) is 18.5 Å². The fourth-order valence-electron chi connectivity index (χ4n) is 3.82. The Labute approximate surface area is 187 Å². The summed E-state index contributed by atoms with van der Waals surface area (Å²) in [5.41, 5.74) is 0.907. The van der Waals surface area contributed by atoms with Crippen molar-refractivity contribution >= 4 is 23.5 Å². The highest BCUT2D eigenvalue weighted by Crippen LogP contribution is 2.35. The summed E-state index contributed by atoms with van der Waals surface area (Å²) in [6.07, 6.45) is 5.45. The molecule has 0 bridgehead atoms. The number of halogens is 3. The number of anilines is 1. The molecule has 1 aliphatic heterocycles. The van der Waals surface area contributed by atoms with E-state index in [1.165, 1.54) is 34.5 Å². The zero-order valence-electron chi connectivity index (χ0n) is 17.4. The Kier molecular flexibility index (Phi) is 6.00. The number of hydrogen-bond acceptors (Lipinski definition) is 7. The summed E-state index contributed by atoms with van der Waals surface area (Å²) in [6.45, 7) is 2.89. The van der Waals surface area contributed by atoms with E-state index in [0.717, 1.165) is 0 Å². The number of aryl methyl sites for hydroxylation is 1. The molecule has 0 radical (unpaired) electrons. The first-order valence-corrected chi connectivity index (χ1v) is 10.4. The van der Waals surface area contributed by atoms with Crippen LogP contribution in [-0.2, 0) is 0 Å². The van der Waals surface area contributed by atoms with Crippen molar-refractivity contribution in [2.24, 2.45) is 5.92 Å². The van der Waals surface area contributed by atoms with Crippen LogP contribution in [0, 0.1) is 12.8 Å². The summed E-state index contributed by atoms with van der Waals surface area (Å²) in [7, 11) is 0. The first kappa shape index (κ1) is 22.0. The van der Waals surface area contributed by atoms with Crippen LogP contribution in [0.3, 0.4) is 0 Å². The number of pyridine rings is 1. The lowest BCUT2D eigenvalue weighted by Gasteiger charge is -2.43. The van der Waals surface area contributed by atoms with Crippen molar-refractivity contribution in [1.29, 1.82) is 0 Å². The van der Waals surface area contributed by atoms with Crippen LogP contribution in [0.15, 0.2) is 36.9 Å². The molecule has 1 fully saturated rings. The van der Waals surface area contributed by atoms with Gasteiger partial charge in [-0.15, -0.1) is 4.80 Å². The van der Waals surface area contributed by atoms with Gasteiger partial charge >= 0.3 is 0 Å². The molecule has 0 saturated carbocycles. The molecule has 1 N–H and O–H groups in total. The summed E-state index contributed by atoms with van der Waals surface area (Å²) in [4.78, 5) is 28.4. The molecule has 2 atom stereocenters. The Morgan fingerprint density at radius 2 is 1.94 bits per heavy atom. The normalized spacial score (nSPS) is 20.2. The van der Waals surface area contributed by atoms with Crippen molar-refractivity contribution in [1.82, 2.24) is 34.8 Å². The Hall–Kier alpha value is -3.21. The molecule has 3 aromatic rings. The van der Waals surface area contributed by atoms with Gasteiger partial charge in [0, 0.05) is 18.7 Å². The standard InChI is InChI=1S/C20H21ClF2N8O/c1-12-7-20(22,23)11-30(16(12)10-26-19-24-8-14(21)9-25-19)18(32)17-15(4-3-13(2)29-17)31-27-5-6-28-31/h3-6,8-9,12,16H,7,10-11H2,1-2H3,(H,24,25,26)/t12-,16?/m1/s1. The van der Waals surface area contributed by atoms with Crippen molar-refractivity contribution in [3.63, 3.8) is 0 Å². The topological polar surface area (TPSA) is 102 Å². The van der Waals surface area contributed by atoms with Gasteiger partial charge in [0.05, 0.1) is 42.4 Å². The SMILES string of the molecule is Cc1ccc(-n2nccn2)c(C(=O)N2CC(F)(F)C[C@@H](C)C2CNc2ncc(Cl)cn2)n1. The number of hydrogen-bond donors (Lipinski definition) is 1. The molecule has 1 aliphatic rings. The lowest BCUT2D eigenvalue weighted by molar-refractivity contribution is -0.0899. The van der Waals surface area contributed by atoms with Crippen molar-refractivity contribution in [3.8, 4) is 5.69 Å². The smallest absolute Gasteiger partial charge is 0.275 e. The number of nitrogens with zero attached hydrogens (tertiary/aromatic N) is 7. The molecule has 1 unspecified atom stereocenters. The molecule has 9 nitrogen and oxygen atoms in total. The van der Waals surface area contributed by atoms with E-state index in [2.05, 4.69) is 30.5 Å². The van der Waals surface area contributed by atoms with Gasteiger partial charge < -0.3 is 10.2 Å². The first-order chi connectivity index (χ1) is 15.2. The molecule has 3 aromatic heterocycles. The molecule has 0 aliphatic carbocycles. The Morgan fingerprint density at radius 3 is 2.62 bits per heavy atom. The summed E-state index contributed by atoms with van der Waals surface area (Å²) < 4.78 is 29.0. The highest BCUT2D eigenvalue weighted by molar-refractivity contribution is 6.30. The average Bonchev–Trinajstić information content (AvgIpc) is 3.27. The van der Waals surface area contributed by atoms with Crippen LogP contribution in [0.1, 0.15) is 29.5 Å². The van der Waals surface area contributed by atoms with Crippen molar-refractivity contribution in [3.05, 3.63) is 53.3 Å². The number of aromatic nitrogens is 6. The van der Waals surface area contributed by atoms with Crippen LogP contribution >= 0.6 is 11.6 Å². The van der Waals surface area contributed by atoms with E-state index in [0.29, 0.717) is 22.4 Å². The van der Waals surface area contributed by atoms with Crippen LogP contribution in [0.5, 0.6) is 0 Å². The van der Waals surface area contributed by atoms with Gasteiger partial charge in [0.2, 0.25) is 5.95 Å². The first-order valence-electron chi connectivity index (χ1n) is 9.98. The zero-order chi connectivity index (χ0) is 22.9. The van der Waals surface area contributed by atoms with Gasteiger partial charge in [-0.25, -0.2) is 23.7 Å². The molecule has 168 valence electrons. The third-order valence-electron chi connectivity index (χ3n) is 5.28. The molecular weight excluding hydrogens is 442 g/mol. The van der Waals surface area contributed by atoms with Gasteiger partial charge in [0.1, 0.15) is 5.69 Å². The van der Waals surface area contributed by atoms with Gasteiger partial charge in [0.25, 0.3) is 11.8 Å². The summed E-state index contributed by atoms with van der Waals surface area (Å²) in [6, 6.07) is 2.82. The van der Waals surface area contributed by atoms with Gasteiger partial charge in [-0.2, -0.15) is 10.2 Å². The molecule has 32 heavy (non-hydrogen) atoms. The maximum Gasteiger partial charge on any atom is 0.275 e. The summed E-state index contributed by atoms with van der Waals surface area (Å²) in [5.74, 6) is -3.83. The molecule has 12 heteroatoms. The maximum absolute atomic E-state index is 14.5. The number of piperidine rings is 1.